The van der Waals surface area contributed by atoms with Crippen LogP contribution in [0.15, 0.2) is 27.7 Å². The molecule has 1 atom stereocenters. The van der Waals surface area contributed by atoms with E-state index in [2.05, 4.69) is 15.3 Å². The van der Waals surface area contributed by atoms with Crippen molar-refractivity contribution in [1.82, 2.24) is 29.3 Å². The average Bonchev–Trinajstić information content (AvgIpc) is 2.97. The monoisotopic (exact) mass is 315 g/mol. The van der Waals surface area contributed by atoms with Crippen LogP contribution in [0.1, 0.15) is 0 Å². The summed E-state index contributed by atoms with van der Waals surface area (Å²) in [6.07, 6.45) is 3.14. The Labute approximate surface area is 128 Å². The van der Waals surface area contributed by atoms with Gasteiger partial charge in [-0.15, -0.1) is 0 Å². The first kappa shape index (κ1) is 13.5. The van der Waals surface area contributed by atoms with Crippen molar-refractivity contribution in [2.45, 2.75) is 13.1 Å². The number of hydrogen-bond acceptors (Lipinski definition) is 5. The van der Waals surface area contributed by atoms with E-state index in [1.807, 2.05) is 0 Å². The third-order valence-corrected chi connectivity index (χ3v) is 4.16. The van der Waals surface area contributed by atoms with Gasteiger partial charge in [0.1, 0.15) is 17.7 Å². The summed E-state index contributed by atoms with van der Waals surface area (Å²) < 4.78 is 3.19. The summed E-state index contributed by atoms with van der Waals surface area (Å²) in [5.41, 5.74) is 0.242. The van der Waals surface area contributed by atoms with E-state index in [0.29, 0.717) is 24.4 Å². The van der Waals surface area contributed by atoms with Gasteiger partial charge < -0.3 is 9.47 Å². The Hall–Kier alpha value is -3.17. The van der Waals surface area contributed by atoms with Gasteiger partial charge in [-0.2, -0.15) is 4.98 Å². The fourth-order valence-electron chi connectivity index (χ4n) is 3.04. The predicted molar refractivity (Wildman–Crippen MR) is 79.8 cm³/mol. The van der Waals surface area contributed by atoms with Crippen LogP contribution in [0.2, 0.25) is 0 Å². The molecule has 118 valence electrons. The van der Waals surface area contributed by atoms with Crippen LogP contribution in [0.25, 0.3) is 11.2 Å². The molecule has 3 N–H and O–H groups in total. The number of carbonyl (C=O) groups is 1. The molecule has 4 rings (SSSR count). The fourth-order valence-corrected chi connectivity index (χ4v) is 3.04. The zero-order valence-corrected chi connectivity index (χ0v) is 12.2. The van der Waals surface area contributed by atoms with E-state index in [9.17, 15) is 14.4 Å². The minimum absolute atomic E-state index is 0.0176. The van der Waals surface area contributed by atoms with Crippen molar-refractivity contribution in [2.75, 3.05) is 7.05 Å². The molecule has 2 aromatic rings. The van der Waals surface area contributed by atoms with Crippen LogP contribution in [0.3, 0.4) is 0 Å². The highest BCUT2D eigenvalue weighted by Gasteiger charge is 2.30. The lowest BCUT2D eigenvalue weighted by Crippen LogP contribution is -2.31. The number of guanidine groups is 1. The second-order valence-corrected chi connectivity index (χ2v) is 5.62. The molecule has 10 heteroatoms. The van der Waals surface area contributed by atoms with Gasteiger partial charge in [-0.3, -0.25) is 29.9 Å². The standard InChI is InChI=1S/C13H13N7O3/c1-18-7(9(21)17-12(18)14)2-6-3-19-5-15-10(22)8-11(19)20(4-6)13(23)16-8/h2,5-6H,3-4H2,1H3,(H,16,23)(H2,14,17,21)/b7-2-. The highest BCUT2D eigenvalue weighted by molar-refractivity contribution is 6.12. The summed E-state index contributed by atoms with van der Waals surface area (Å²) in [5.74, 6) is -0.463. The van der Waals surface area contributed by atoms with Gasteiger partial charge in [0, 0.05) is 26.1 Å². The minimum Gasteiger partial charge on any atom is -0.316 e. The normalized spacial score (nSPS) is 22.2. The molecule has 1 amide bonds. The lowest BCUT2D eigenvalue weighted by molar-refractivity contribution is -0.116. The highest BCUT2D eigenvalue weighted by Crippen LogP contribution is 2.21. The van der Waals surface area contributed by atoms with Gasteiger partial charge in [0.25, 0.3) is 11.5 Å². The van der Waals surface area contributed by atoms with Crippen LogP contribution in [-0.4, -0.2) is 42.9 Å². The smallest absolute Gasteiger partial charge is 0.316 e. The summed E-state index contributed by atoms with van der Waals surface area (Å²) in [6, 6.07) is 0. The van der Waals surface area contributed by atoms with Crippen molar-refractivity contribution >= 4 is 23.0 Å². The Balaban J connectivity index is 1.79. The van der Waals surface area contributed by atoms with E-state index in [-0.39, 0.29) is 29.0 Å². The molecular formula is C13H13N7O3. The molecule has 0 spiro atoms. The molecule has 0 saturated carbocycles. The SMILES string of the molecule is CN1C(=N)NC(=O)/C1=C/C1Cn2cnc(=O)c3[nH]c(=O)n(c32)C1. The number of aromatic nitrogens is 4. The van der Waals surface area contributed by atoms with Crippen molar-refractivity contribution in [3.8, 4) is 0 Å². The van der Waals surface area contributed by atoms with Crippen LogP contribution in [0.5, 0.6) is 0 Å². The zero-order chi connectivity index (χ0) is 16.3. The van der Waals surface area contributed by atoms with Crippen LogP contribution >= 0.6 is 0 Å². The summed E-state index contributed by atoms with van der Waals surface area (Å²) in [5, 5.41) is 10.0. The topological polar surface area (TPSA) is 129 Å². The molecule has 1 fully saturated rings. The average molecular weight is 315 g/mol. The van der Waals surface area contributed by atoms with Crippen LogP contribution < -0.4 is 16.6 Å². The van der Waals surface area contributed by atoms with E-state index >= 15 is 0 Å². The number of nitrogens with one attached hydrogen (secondary N) is 3. The lowest BCUT2D eigenvalue weighted by Gasteiger charge is -2.23. The van der Waals surface area contributed by atoms with Crippen LogP contribution in [0, 0.1) is 11.3 Å². The molecule has 10 nitrogen and oxygen atoms in total. The number of carbonyl (C=O) groups excluding carboxylic acids is 1. The number of allylic oxidation sites excluding steroid dienone is 1. The van der Waals surface area contributed by atoms with Gasteiger partial charge in [0.2, 0.25) is 5.96 Å². The Morgan fingerprint density at radius 3 is 2.83 bits per heavy atom. The number of nitrogens with zero attached hydrogens (tertiary/aromatic N) is 4. The third kappa shape index (κ3) is 1.84. The van der Waals surface area contributed by atoms with E-state index in [1.54, 1.807) is 17.7 Å². The number of imidazole rings is 1. The van der Waals surface area contributed by atoms with Crippen molar-refractivity contribution in [3.63, 3.8) is 0 Å². The molecule has 23 heavy (non-hydrogen) atoms. The molecule has 0 aliphatic carbocycles. The molecular weight excluding hydrogens is 302 g/mol. The second kappa shape index (κ2) is 4.41. The van der Waals surface area contributed by atoms with Gasteiger partial charge in [-0.1, -0.05) is 0 Å². The first-order chi connectivity index (χ1) is 11.0. The number of hydrogen-bond donors (Lipinski definition) is 3. The van der Waals surface area contributed by atoms with Crippen molar-refractivity contribution in [2.24, 2.45) is 5.92 Å². The first-order valence-corrected chi connectivity index (χ1v) is 6.99. The van der Waals surface area contributed by atoms with E-state index in [0.717, 1.165) is 0 Å². The summed E-state index contributed by atoms with van der Waals surface area (Å²) in [7, 11) is 1.63. The van der Waals surface area contributed by atoms with E-state index in [4.69, 9.17) is 5.41 Å². The van der Waals surface area contributed by atoms with E-state index in [1.165, 1.54) is 15.8 Å². The van der Waals surface area contributed by atoms with Gasteiger partial charge in [-0.25, -0.2) is 4.79 Å². The molecule has 2 aromatic heterocycles. The predicted octanol–water partition coefficient (Wildman–Crippen LogP) is -1.60. The second-order valence-electron chi connectivity index (χ2n) is 5.62. The molecule has 2 aliphatic rings. The number of rotatable bonds is 1. The first-order valence-electron chi connectivity index (χ1n) is 6.99. The fraction of sp³-hybridized carbons (Fsp3) is 0.308. The Bertz CT molecular complexity index is 1010. The minimum atomic E-state index is -0.466. The highest BCUT2D eigenvalue weighted by atomic mass is 16.2. The maximum absolute atomic E-state index is 12.1. The van der Waals surface area contributed by atoms with Crippen molar-refractivity contribution in [1.29, 1.82) is 5.41 Å². The van der Waals surface area contributed by atoms with Gasteiger partial charge in [0.05, 0.1) is 0 Å². The molecule has 0 bridgehead atoms. The summed E-state index contributed by atoms with van der Waals surface area (Å²) in [6.45, 7) is 0.833. The van der Waals surface area contributed by atoms with Gasteiger partial charge in [0.15, 0.2) is 5.52 Å². The number of H-pyrrole nitrogens is 1. The van der Waals surface area contributed by atoms with Crippen molar-refractivity contribution in [3.05, 3.63) is 38.9 Å². The molecule has 2 aliphatic heterocycles. The molecule has 0 aromatic carbocycles. The molecule has 0 radical (unpaired) electrons. The quantitative estimate of drug-likeness (QED) is 0.546. The van der Waals surface area contributed by atoms with E-state index < -0.39 is 5.56 Å². The molecule has 4 heterocycles. The Kier molecular flexibility index (Phi) is 2.59. The lowest BCUT2D eigenvalue weighted by atomic mass is 10.1. The van der Waals surface area contributed by atoms with Crippen LogP contribution in [-0.2, 0) is 17.9 Å². The maximum Gasteiger partial charge on any atom is 0.327 e. The Morgan fingerprint density at radius 1 is 1.35 bits per heavy atom. The van der Waals surface area contributed by atoms with Gasteiger partial charge in [-0.05, 0) is 6.08 Å². The van der Waals surface area contributed by atoms with Gasteiger partial charge >= 0.3 is 5.69 Å². The van der Waals surface area contributed by atoms with Crippen LogP contribution in [0.4, 0.5) is 0 Å². The number of likely N-dealkylation sites (N-methyl/N-ethyl adjacent to an activating group) is 1. The Morgan fingerprint density at radius 2 is 2.13 bits per heavy atom. The summed E-state index contributed by atoms with van der Waals surface area (Å²) >= 11 is 0. The number of aromatic amines is 1. The number of amides is 1. The van der Waals surface area contributed by atoms with Crippen molar-refractivity contribution < 1.29 is 4.79 Å². The zero-order valence-electron chi connectivity index (χ0n) is 12.2. The molecule has 1 unspecified atom stereocenters. The summed E-state index contributed by atoms with van der Waals surface area (Å²) in [4.78, 5) is 43.4. The molecule has 1 saturated heterocycles. The third-order valence-electron chi connectivity index (χ3n) is 4.16. The maximum atomic E-state index is 12.1. The largest absolute Gasteiger partial charge is 0.327 e.